The third-order valence-corrected chi connectivity index (χ3v) is 4.94. The summed E-state index contributed by atoms with van der Waals surface area (Å²) >= 11 is 0. The fraction of sp³-hybridized carbons (Fsp3) is 0.933. The molecule has 0 spiro atoms. The van der Waals surface area contributed by atoms with Crippen molar-refractivity contribution in [2.24, 2.45) is 17.6 Å². The van der Waals surface area contributed by atoms with Crippen molar-refractivity contribution in [3.63, 3.8) is 0 Å². The lowest BCUT2D eigenvalue weighted by atomic mass is 9.72. The zero-order valence-corrected chi connectivity index (χ0v) is 11.9. The summed E-state index contributed by atoms with van der Waals surface area (Å²) in [6.07, 6.45) is 8.09. The van der Waals surface area contributed by atoms with Gasteiger partial charge in [0.25, 0.3) is 0 Å². The Balaban J connectivity index is 2.05. The summed E-state index contributed by atoms with van der Waals surface area (Å²) in [7, 11) is 0. The molecule has 0 radical (unpaired) electrons. The third kappa shape index (κ3) is 2.71. The minimum Gasteiger partial charge on any atom is -0.338 e. The number of amides is 1. The Kier molecular flexibility index (Phi) is 4.66. The molecule has 2 N–H and O–H groups in total. The molecular formula is C15H28N2O. The van der Waals surface area contributed by atoms with Crippen LogP contribution in [0.4, 0.5) is 0 Å². The molecule has 3 heteroatoms. The SMILES string of the molecule is CCC[C@@H](N)C(=O)N1CCC(C)C2CCCCC21. The molecule has 1 saturated heterocycles. The van der Waals surface area contributed by atoms with E-state index in [0.29, 0.717) is 6.04 Å². The second kappa shape index (κ2) is 6.05. The van der Waals surface area contributed by atoms with Crippen LogP contribution in [0.5, 0.6) is 0 Å². The molecule has 1 amide bonds. The van der Waals surface area contributed by atoms with Gasteiger partial charge in [-0.25, -0.2) is 0 Å². The molecule has 2 fully saturated rings. The third-order valence-electron chi connectivity index (χ3n) is 4.94. The van der Waals surface area contributed by atoms with E-state index in [2.05, 4.69) is 18.7 Å². The van der Waals surface area contributed by atoms with Crippen molar-refractivity contribution < 1.29 is 4.79 Å². The Hall–Kier alpha value is -0.570. The summed E-state index contributed by atoms with van der Waals surface area (Å²) in [6.45, 7) is 5.38. The van der Waals surface area contributed by atoms with Crippen molar-refractivity contribution in [2.45, 2.75) is 70.9 Å². The Labute approximate surface area is 111 Å². The molecule has 1 aliphatic carbocycles. The molecule has 2 rings (SSSR count). The van der Waals surface area contributed by atoms with Crippen molar-refractivity contribution in [2.75, 3.05) is 6.54 Å². The number of hydrogen-bond acceptors (Lipinski definition) is 2. The first kappa shape index (κ1) is 13.9. The molecule has 18 heavy (non-hydrogen) atoms. The maximum Gasteiger partial charge on any atom is 0.239 e. The first-order valence-electron chi connectivity index (χ1n) is 7.71. The van der Waals surface area contributed by atoms with Crippen LogP contribution in [0, 0.1) is 11.8 Å². The molecule has 3 nitrogen and oxygen atoms in total. The Morgan fingerprint density at radius 2 is 2.06 bits per heavy atom. The Morgan fingerprint density at radius 3 is 2.78 bits per heavy atom. The molecule has 1 aliphatic heterocycles. The predicted octanol–water partition coefficient (Wildman–Crippen LogP) is 2.54. The lowest BCUT2D eigenvalue weighted by molar-refractivity contribution is -0.140. The molecule has 0 aromatic carbocycles. The van der Waals surface area contributed by atoms with Crippen LogP contribution in [0.25, 0.3) is 0 Å². The van der Waals surface area contributed by atoms with Gasteiger partial charge in [0.2, 0.25) is 5.91 Å². The fourth-order valence-electron chi connectivity index (χ4n) is 3.83. The van der Waals surface area contributed by atoms with Crippen LogP contribution >= 0.6 is 0 Å². The van der Waals surface area contributed by atoms with Crippen LogP contribution in [0.1, 0.15) is 58.8 Å². The Bertz CT molecular complexity index is 292. The van der Waals surface area contributed by atoms with Gasteiger partial charge >= 0.3 is 0 Å². The van der Waals surface area contributed by atoms with Gasteiger partial charge in [0, 0.05) is 12.6 Å². The summed E-state index contributed by atoms with van der Waals surface area (Å²) in [6, 6.07) is 0.212. The summed E-state index contributed by atoms with van der Waals surface area (Å²) < 4.78 is 0. The van der Waals surface area contributed by atoms with Gasteiger partial charge in [0.1, 0.15) is 0 Å². The van der Waals surface area contributed by atoms with E-state index in [1.54, 1.807) is 0 Å². The van der Waals surface area contributed by atoms with E-state index in [1.165, 1.54) is 25.7 Å². The highest BCUT2D eigenvalue weighted by Crippen LogP contribution is 2.38. The minimum atomic E-state index is -0.272. The van der Waals surface area contributed by atoms with Crippen LogP contribution < -0.4 is 5.73 Å². The van der Waals surface area contributed by atoms with E-state index in [4.69, 9.17) is 5.73 Å². The molecule has 1 saturated carbocycles. The summed E-state index contributed by atoms with van der Waals surface area (Å²) in [5, 5.41) is 0. The predicted molar refractivity (Wildman–Crippen MR) is 74.1 cm³/mol. The number of hydrogen-bond donors (Lipinski definition) is 1. The van der Waals surface area contributed by atoms with Crippen molar-refractivity contribution in [3.05, 3.63) is 0 Å². The molecule has 4 atom stereocenters. The first-order chi connectivity index (χ1) is 8.65. The summed E-state index contributed by atoms with van der Waals surface area (Å²) in [4.78, 5) is 14.6. The summed E-state index contributed by atoms with van der Waals surface area (Å²) in [5.41, 5.74) is 6.02. The number of carbonyl (C=O) groups is 1. The van der Waals surface area contributed by atoms with E-state index < -0.39 is 0 Å². The van der Waals surface area contributed by atoms with Crippen molar-refractivity contribution in [3.8, 4) is 0 Å². The Morgan fingerprint density at radius 1 is 1.33 bits per heavy atom. The zero-order chi connectivity index (χ0) is 13.1. The number of piperidine rings is 1. The van der Waals surface area contributed by atoms with E-state index in [0.717, 1.165) is 37.6 Å². The average molecular weight is 252 g/mol. The number of likely N-dealkylation sites (tertiary alicyclic amines) is 1. The minimum absolute atomic E-state index is 0.209. The second-order valence-corrected chi connectivity index (χ2v) is 6.21. The summed E-state index contributed by atoms with van der Waals surface area (Å²) in [5.74, 6) is 1.72. The van der Waals surface area contributed by atoms with Gasteiger partial charge in [-0.05, 0) is 37.5 Å². The number of nitrogens with two attached hydrogens (primary N) is 1. The van der Waals surface area contributed by atoms with Crippen LogP contribution in [0.2, 0.25) is 0 Å². The molecule has 0 aromatic rings. The molecule has 0 bridgehead atoms. The highest BCUT2D eigenvalue weighted by molar-refractivity contribution is 5.82. The normalized spacial score (nSPS) is 33.9. The standard InChI is InChI=1S/C15H28N2O/c1-3-6-13(16)15(18)17-10-9-11(2)12-7-4-5-8-14(12)17/h11-14H,3-10,16H2,1-2H3/t11?,12?,13-,14?/m1/s1. The molecule has 3 unspecified atom stereocenters. The molecular weight excluding hydrogens is 224 g/mol. The number of rotatable bonds is 3. The van der Waals surface area contributed by atoms with E-state index in [1.807, 2.05) is 0 Å². The fourth-order valence-corrected chi connectivity index (χ4v) is 3.83. The molecule has 104 valence electrons. The van der Waals surface area contributed by atoms with Gasteiger partial charge in [-0.1, -0.05) is 33.1 Å². The first-order valence-corrected chi connectivity index (χ1v) is 7.71. The van der Waals surface area contributed by atoms with Gasteiger partial charge in [0.05, 0.1) is 6.04 Å². The lowest BCUT2D eigenvalue weighted by Crippen LogP contribution is -2.56. The zero-order valence-electron chi connectivity index (χ0n) is 11.9. The molecule has 2 aliphatic rings. The lowest BCUT2D eigenvalue weighted by Gasteiger charge is -2.48. The van der Waals surface area contributed by atoms with Gasteiger partial charge < -0.3 is 10.6 Å². The number of carbonyl (C=O) groups excluding carboxylic acids is 1. The van der Waals surface area contributed by atoms with Gasteiger partial charge in [-0.2, -0.15) is 0 Å². The maximum absolute atomic E-state index is 12.5. The van der Waals surface area contributed by atoms with E-state index in [9.17, 15) is 4.79 Å². The smallest absolute Gasteiger partial charge is 0.239 e. The van der Waals surface area contributed by atoms with E-state index >= 15 is 0 Å². The van der Waals surface area contributed by atoms with Crippen LogP contribution in [-0.4, -0.2) is 29.4 Å². The average Bonchev–Trinajstić information content (AvgIpc) is 2.39. The highest BCUT2D eigenvalue weighted by Gasteiger charge is 2.40. The van der Waals surface area contributed by atoms with Crippen LogP contribution in [0.15, 0.2) is 0 Å². The maximum atomic E-state index is 12.5. The van der Waals surface area contributed by atoms with Crippen LogP contribution in [0.3, 0.4) is 0 Å². The van der Waals surface area contributed by atoms with Crippen molar-refractivity contribution in [1.82, 2.24) is 4.90 Å². The quantitative estimate of drug-likeness (QED) is 0.839. The van der Waals surface area contributed by atoms with Crippen molar-refractivity contribution in [1.29, 1.82) is 0 Å². The van der Waals surface area contributed by atoms with Gasteiger partial charge in [-0.15, -0.1) is 0 Å². The largest absolute Gasteiger partial charge is 0.338 e. The van der Waals surface area contributed by atoms with Gasteiger partial charge in [0.15, 0.2) is 0 Å². The van der Waals surface area contributed by atoms with Crippen molar-refractivity contribution >= 4 is 5.91 Å². The second-order valence-electron chi connectivity index (χ2n) is 6.21. The highest BCUT2D eigenvalue weighted by atomic mass is 16.2. The molecule has 0 aromatic heterocycles. The monoisotopic (exact) mass is 252 g/mol. The van der Waals surface area contributed by atoms with Gasteiger partial charge in [-0.3, -0.25) is 4.79 Å². The number of nitrogens with zero attached hydrogens (tertiary/aromatic N) is 1. The number of fused-ring (bicyclic) bond motifs is 1. The topological polar surface area (TPSA) is 46.3 Å². The molecule has 1 heterocycles. The van der Waals surface area contributed by atoms with Crippen LogP contribution in [-0.2, 0) is 4.79 Å². The van der Waals surface area contributed by atoms with E-state index in [-0.39, 0.29) is 11.9 Å².